The molecule has 108 valence electrons. The topological polar surface area (TPSA) is 3.24 Å². The molecule has 0 bridgehead atoms. The minimum absolute atomic E-state index is 0.736. The number of benzene rings is 3. The lowest BCUT2D eigenvalue weighted by Crippen LogP contribution is -2.23. The van der Waals surface area contributed by atoms with Crippen LogP contribution < -0.4 is 4.90 Å². The molecule has 3 aromatic rings. The van der Waals surface area contributed by atoms with Crippen LogP contribution in [0.25, 0.3) is 10.8 Å². The second-order valence-corrected chi connectivity index (χ2v) is 5.27. The maximum Gasteiger partial charge on any atom is 0.0798 e. The van der Waals surface area contributed by atoms with Crippen LogP contribution in [-0.2, 0) is 6.54 Å². The number of fused-ring (bicyclic) bond motifs is 1. The van der Waals surface area contributed by atoms with Crippen LogP contribution in [0.1, 0.15) is 12.5 Å². The van der Waals surface area contributed by atoms with E-state index in [1.165, 1.54) is 22.0 Å². The number of anilines is 1. The van der Waals surface area contributed by atoms with E-state index in [2.05, 4.69) is 89.5 Å². The molecule has 0 aliphatic rings. The molecule has 3 rings (SSSR count). The van der Waals surface area contributed by atoms with Crippen molar-refractivity contribution >= 4 is 16.5 Å². The molecule has 1 nitrogen and oxygen atoms in total. The van der Waals surface area contributed by atoms with E-state index < -0.39 is 0 Å². The zero-order valence-corrected chi connectivity index (χ0v) is 12.8. The molecule has 0 N–H and O–H groups in total. The Morgan fingerprint density at radius 2 is 1.55 bits per heavy atom. The van der Waals surface area contributed by atoms with Crippen LogP contribution in [0, 0.1) is 11.8 Å². The Hall–Kier alpha value is -2.72. The van der Waals surface area contributed by atoms with Gasteiger partial charge in [0.05, 0.1) is 6.54 Å². The summed E-state index contributed by atoms with van der Waals surface area (Å²) < 4.78 is 0. The fourth-order valence-corrected chi connectivity index (χ4v) is 2.69. The maximum atomic E-state index is 3.21. The molecule has 22 heavy (non-hydrogen) atoms. The molecule has 3 aromatic carbocycles. The molecule has 0 fully saturated rings. The molecule has 0 radical (unpaired) electrons. The average molecular weight is 285 g/mol. The zero-order valence-electron chi connectivity index (χ0n) is 12.8. The molecule has 0 unspecified atom stereocenters. The summed E-state index contributed by atoms with van der Waals surface area (Å²) >= 11 is 0. The van der Waals surface area contributed by atoms with E-state index in [1.807, 2.05) is 6.92 Å². The van der Waals surface area contributed by atoms with Crippen molar-refractivity contribution in [2.45, 2.75) is 13.5 Å². The van der Waals surface area contributed by atoms with Gasteiger partial charge in [0.1, 0.15) is 0 Å². The molecular formula is C21H19N. The first-order valence-corrected chi connectivity index (χ1v) is 7.55. The molecule has 0 amide bonds. The van der Waals surface area contributed by atoms with Crippen molar-refractivity contribution in [1.29, 1.82) is 0 Å². The van der Waals surface area contributed by atoms with Gasteiger partial charge in [0, 0.05) is 17.6 Å². The number of hydrogen-bond acceptors (Lipinski definition) is 1. The molecule has 0 heterocycles. The summed E-state index contributed by atoms with van der Waals surface area (Å²) in [4.78, 5) is 2.34. The Labute approximate surface area is 132 Å². The van der Waals surface area contributed by atoms with Crippen molar-refractivity contribution in [3.8, 4) is 11.8 Å². The lowest BCUT2D eigenvalue weighted by molar-refractivity contribution is 0.882. The van der Waals surface area contributed by atoms with Gasteiger partial charge in [-0.15, -0.1) is 5.92 Å². The first-order chi connectivity index (χ1) is 10.9. The Kier molecular flexibility index (Phi) is 4.41. The number of rotatable bonds is 4. The third-order valence-electron chi connectivity index (χ3n) is 3.77. The minimum atomic E-state index is 0.736. The Bertz CT molecular complexity index is 804. The van der Waals surface area contributed by atoms with Gasteiger partial charge in [0.25, 0.3) is 0 Å². The molecule has 0 aliphatic carbocycles. The van der Waals surface area contributed by atoms with E-state index >= 15 is 0 Å². The van der Waals surface area contributed by atoms with Crippen molar-refractivity contribution in [2.24, 2.45) is 0 Å². The summed E-state index contributed by atoms with van der Waals surface area (Å²) in [6.07, 6.45) is 0. The third-order valence-corrected chi connectivity index (χ3v) is 3.77. The molecule has 0 saturated carbocycles. The summed E-state index contributed by atoms with van der Waals surface area (Å²) in [7, 11) is 0. The average Bonchev–Trinajstić information content (AvgIpc) is 2.59. The van der Waals surface area contributed by atoms with Gasteiger partial charge >= 0.3 is 0 Å². The Morgan fingerprint density at radius 1 is 0.818 bits per heavy atom. The highest BCUT2D eigenvalue weighted by molar-refractivity contribution is 5.94. The quantitative estimate of drug-likeness (QED) is 0.618. The van der Waals surface area contributed by atoms with E-state index in [4.69, 9.17) is 0 Å². The molecule has 0 spiro atoms. The SMILES string of the molecule is CC#CCN(Cc1ccccc1)c1cccc2ccccc12. The largest absolute Gasteiger partial charge is 0.356 e. The minimum Gasteiger partial charge on any atom is -0.356 e. The lowest BCUT2D eigenvalue weighted by Gasteiger charge is -2.24. The standard InChI is InChI=1S/C21H19N/c1-2-3-16-22(17-18-10-5-4-6-11-18)21-15-9-13-19-12-7-8-14-20(19)21/h4-15H,16-17H2,1H3. The van der Waals surface area contributed by atoms with Crippen LogP contribution in [0.2, 0.25) is 0 Å². The maximum absolute atomic E-state index is 3.21. The van der Waals surface area contributed by atoms with Crippen molar-refractivity contribution in [3.05, 3.63) is 78.4 Å². The number of nitrogens with zero attached hydrogens (tertiary/aromatic N) is 1. The highest BCUT2D eigenvalue weighted by Gasteiger charge is 2.09. The Balaban J connectivity index is 2.01. The van der Waals surface area contributed by atoms with Gasteiger partial charge in [0.15, 0.2) is 0 Å². The highest BCUT2D eigenvalue weighted by atomic mass is 15.1. The molecule has 0 aromatic heterocycles. The fraction of sp³-hybridized carbons (Fsp3) is 0.143. The summed E-state index contributed by atoms with van der Waals surface area (Å²) in [5, 5.41) is 2.54. The normalized spacial score (nSPS) is 10.0. The van der Waals surface area contributed by atoms with Crippen molar-refractivity contribution < 1.29 is 0 Å². The van der Waals surface area contributed by atoms with Crippen molar-refractivity contribution in [1.82, 2.24) is 0 Å². The highest BCUT2D eigenvalue weighted by Crippen LogP contribution is 2.27. The van der Waals surface area contributed by atoms with Gasteiger partial charge in [-0.1, -0.05) is 72.7 Å². The number of hydrogen-bond donors (Lipinski definition) is 0. The summed E-state index contributed by atoms with van der Waals surface area (Å²) in [6, 6.07) is 25.5. The second-order valence-electron chi connectivity index (χ2n) is 5.27. The smallest absolute Gasteiger partial charge is 0.0798 e. The lowest BCUT2D eigenvalue weighted by atomic mass is 10.1. The zero-order chi connectivity index (χ0) is 15.2. The van der Waals surface area contributed by atoms with Crippen LogP contribution in [0.4, 0.5) is 5.69 Å². The van der Waals surface area contributed by atoms with Crippen LogP contribution >= 0.6 is 0 Å². The van der Waals surface area contributed by atoms with Crippen molar-refractivity contribution in [2.75, 3.05) is 11.4 Å². The summed E-state index contributed by atoms with van der Waals surface area (Å²) in [6.45, 7) is 3.49. The van der Waals surface area contributed by atoms with E-state index in [1.54, 1.807) is 0 Å². The van der Waals surface area contributed by atoms with Gasteiger partial charge in [0.2, 0.25) is 0 Å². The monoisotopic (exact) mass is 285 g/mol. The van der Waals surface area contributed by atoms with Crippen LogP contribution in [0.3, 0.4) is 0 Å². The predicted octanol–water partition coefficient (Wildman–Crippen LogP) is 4.87. The van der Waals surface area contributed by atoms with E-state index in [0.717, 1.165) is 13.1 Å². The van der Waals surface area contributed by atoms with E-state index in [0.29, 0.717) is 0 Å². The van der Waals surface area contributed by atoms with Gasteiger partial charge in [-0.2, -0.15) is 0 Å². The second kappa shape index (κ2) is 6.83. The molecular weight excluding hydrogens is 266 g/mol. The summed E-state index contributed by atoms with van der Waals surface area (Å²) in [5.74, 6) is 6.22. The molecule has 0 saturated heterocycles. The third kappa shape index (κ3) is 3.13. The van der Waals surface area contributed by atoms with Gasteiger partial charge in [-0.3, -0.25) is 0 Å². The van der Waals surface area contributed by atoms with Gasteiger partial charge < -0.3 is 4.90 Å². The molecule has 0 atom stereocenters. The van der Waals surface area contributed by atoms with E-state index in [9.17, 15) is 0 Å². The predicted molar refractivity (Wildman–Crippen MR) is 94.9 cm³/mol. The van der Waals surface area contributed by atoms with Crippen LogP contribution in [-0.4, -0.2) is 6.54 Å². The van der Waals surface area contributed by atoms with Crippen LogP contribution in [0.5, 0.6) is 0 Å². The first-order valence-electron chi connectivity index (χ1n) is 7.55. The Morgan fingerprint density at radius 3 is 2.36 bits per heavy atom. The summed E-state index contributed by atoms with van der Waals surface area (Å²) in [5.41, 5.74) is 2.54. The fourth-order valence-electron chi connectivity index (χ4n) is 2.69. The van der Waals surface area contributed by atoms with Gasteiger partial charge in [-0.05, 0) is 23.9 Å². The van der Waals surface area contributed by atoms with Crippen molar-refractivity contribution in [3.63, 3.8) is 0 Å². The molecule has 0 aliphatic heterocycles. The molecule has 1 heteroatoms. The van der Waals surface area contributed by atoms with Crippen LogP contribution in [0.15, 0.2) is 72.8 Å². The van der Waals surface area contributed by atoms with E-state index in [-0.39, 0.29) is 0 Å². The first kappa shape index (κ1) is 14.2. The van der Waals surface area contributed by atoms with Gasteiger partial charge in [-0.25, -0.2) is 0 Å².